The number of rotatable bonds is 3. The van der Waals surface area contributed by atoms with Gasteiger partial charge in [0.05, 0.1) is 12.3 Å². The number of sulfone groups is 1. The number of nitrogens with zero attached hydrogens (tertiary/aromatic N) is 2. The zero-order valence-electron chi connectivity index (χ0n) is 9.14. The second-order valence-electron chi connectivity index (χ2n) is 3.93. The molecular weight excluding hydrogens is 230 g/mol. The second kappa shape index (κ2) is 4.50. The summed E-state index contributed by atoms with van der Waals surface area (Å²) in [7, 11) is -1.32. The zero-order chi connectivity index (χ0) is 11.6. The molecule has 0 spiro atoms. The van der Waals surface area contributed by atoms with Crippen LogP contribution in [0, 0.1) is 0 Å². The minimum Gasteiger partial charge on any atom is -0.338 e. The number of hydrogen-bond donors (Lipinski definition) is 1. The molecule has 16 heavy (non-hydrogen) atoms. The van der Waals surface area contributed by atoms with Crippen LogP contribution in [0.1, 0.15) is 36.2 Å². The highest BCUT2D eigenvalue weighted by Crippen LogP contribution is 2.32. The van der Waals surface area contributed by atoms with Crippen LogP contribution in [0.2, 0.25) is 0 Å². The van der Waals surface area contributed by atoms with Crippen molar-refractivity contribution >= 4 is 9.84 Å². The van der Waals surface area contributed by atoms with Crippen LogP contribution in [0.25, 0.3) is 0 Å². The molecule has 0 amide bonds. The molecule has 7 heteroatoms. The van der Waals surface area contributed by atoms with Gasteiger partial charge in [-0.2, -0.15) is 4.98 Å². The van der Waals surface area contributed by atoms with Crippen molar-refractivity contribution in [2.75, 3.05) is 12.8 Å². The van der Waals surface area contributed by atoms with Crippen molar-refractivity contribution in [1.82, 2.24) is 15.5 Å². The summed E-state index contributed by atoms with van der Waals surface area (Å²) in [6.45, 7) is 0.482. The Morgan fingerprint density at radius 3 is 3.00 bits per heavy atom. The van der Waals surface area contributed by atoms with E-state index in [1.807, 2.05) is 0 Å². The number of aromatic nitrogens is 2. The lowest BCUT2D eigenvalue weighted by Gasteiger charge is -2.18. The van der Waals surface area contributed by atoms with E-state index < -0.39 is 15.1 Å². The van der Waals surface area contributed by atoms with Crippen LogP contribution in [0.4, 0.5) is 0 Å². The summed E-state index contributed by atoms with van der Waals surface area (Å²) in [5.41, 5.74) is 0. The highest BCUT2D eigenvalue weighted by atomic mass is 32.2. The molecule has 1 atom stereocenters. The van der Waals surface area contributed by atoms with E-state index in [0.717, 1.165) is 12.8 Å². The summed E-state index contributed by atoms with van der Waals surface area (Å²) in [4.78, 5) is 4.10. The van der Waals surface area contributed by atoms with Crippen molar-refractivity contribution in [2.45, 2.75) is 31.1 Å². The van der Waals surface area contributed by atoms with E-state index in [-0.39, 0.29) is 11.6 Å². The molecule has 90 valence electrons. The minimum atomic E-state index is -3.09. The average molecular weight is 245 g/mol. The molecule has 0 bridgehead atoms. The molecule has 1 aromatic heterocycles. The Bertz CT molecular complexity index is 454. The summed E-state index contributed by atoms with van der Waals surface area (Å²) >= 11 is 0. The van der Waals surface area contributed by atoms with Crippen molar-refractivity contribution in [1.29, 1.82) is 0 Å². The van der Waals surface area contributed by atoms with Gasteiger partial charge in [0.15, 0.2) is 15.7 Å². The van der Waals surface area contributed by atoms with Crippen LogP contribution in [-0.2, 0) is 16.4 Å². The fourth-order valence-corrected chi connectivity index (χ4v) is 3.68. The smallest absolute Gasteiger partial charge is 0.245 e. The fourth-order valence-electron chi connectivity index (χ4n) is 1.86. The summed E-state index contributed by atoms with van der Waals surface area (Å²) in [6, 6.07) is 0. The van der Waals surface area contributed by atoms with Crippen molar-refractivity contribution in [2.24, 2.45) is 0 Å². The summed E-state index contributed by atoms with van der Waals surface area (Å²) in [5.74, 6) is 0.963. The van der Waals surface area contributed by atoms with Gasteiger partial charge in [0.2, 0.25) is 5.89 Å². The molecule has 1 aliphatic rings. The van der Waals surface area contributed by atoms with Crippen LogP contribution < -0.4 is 5.32 Å². The summed E-state index contributed by atoms with van der Waals surface area (Å²) in [6.07, 6.45) is 2.22. The van der Waals surface area contributed by atoms with E-state index in [2.05, 4.69) is 15.5 Å². The molecule has 0 aromatic carbocycles. The van der Waals surface area contributed by atoms with E-state index >= 15 is 0 Å². The monoisotopic (exact) mass is 245 g/mol. The molecule has 1 N–H and O–H groups in total. The molecule has 1 fully saturated rings. The van der Waals surface area contributed by atoms with Gasteiger partial charge in [-0.1, -0.05) is 11.6 Å². The Morgan fingerprint density at radius 2 is 2.31 bits per heavy atom. The maximum Gasteiger partial charge on any atom is 0.245 e. The normalized spacial score (nSPS) is 24.4. The first kappa shape index (κ1) is 11.5. The Morgan fingerprint density at radius 1 is 1.50 bits per heavy atom. The van der Waals surface area contributed by atoms with Crippen molar-refractivity contribution < 1.29 is 12.9 Å². The predicted octanol–water partition coefficient (Wildman–Crippen LogP) is 0.429. The summed E-state index contributed by atoms with van der Waals surface area (Å²) < 4.78 is 28.6. The van der Waals surface area contributed by atoms with E-state index in [9.17, 15) is 8.42 Å². The van der Waals surface area contributed by atoms with Gasteiger partial charge < -0.3 is 9.84 Å². The van der Waals surface area contributed by atoms with Gasteiger partial charge in [-0.15, -0.1) is 0 Å². The minimum absolute atomic E-state index is 0.224. The van der Waals surface area contributed by atoms with Gasteiger partial charge >= 0.3 is 0 Å². The standard InChI is InChI=1S/C9H15N3O3S/c1-10-6-8-11-9(15-12-8)7-4-2-3-5-16(7,13)14/h7,10H,2-6H2,1H3. The molecule has 0 radical (unpaired) electrons. The Labute approximate surface area is 94.3 Å². The van der Waals surface area contributed by atoms with E-state index in [1.165, 1.54) is 0 Å². The third-order valence-electron chi connectivity index (χ3n) is 2.67. The van der Waals surface area contributed by atoms with Crippen LogP contribution >= 0.6 is 0 Å². The largest absolute Gasteiger partial charge is 0.338 e. The molecule has 0 saturated carbocycles. The first-order valence-electron chi connectivity index (χ1n) is 5.32. The molecule has 0 aliphatic carbocycles. The molecule has 1 aliphatic heterocycles. The average Bonchev–Trinajstić information content (AvgIpc) is 2.66. The maximum absolute atomic E-state index is 11.8. The Hall–Kier alpha value is -0.950. The molecule has 1 aromatic rings. The quantitative estimate of drug-likeness (QED) is 0.831. The lowest BCUT2D eigenvalue weighted by atomic mass is 10.2. The molecule has 2 rings (SSSR count). The third-order valence-corrected chi connectivity index (χ3v) is 4.83. The van der Waals surface area contributed by atoms with Crippen LogP contribution in [-0.4, -0.2) is 31.4 Å². The maximum atomic E-state index is 11.8. The highest BCUT2D eigenvalue weighted by molar-refractivity contribution is 7.91. The number of hydrogen-bond acceptors (Lipinski definition) is 6. The lowest BCUT2D eigenvalue weighted by Crippen LogP contribution is -2.22. The lowest BCUT2D eigenvalue weighted by molar-refractivity contribution is 0.358. The first-order chi connectivity index (χ1) is 7.63. The zero-order valence-corrected chi connectivity index (χ0v) is 9.96. The van der Waals surface area contributed by atoms with Gasteiger partial charge in [-0.05, 0) is 19.9 Å². The van der Waals surface area contributed by atoms with Gasteiger partial charge in [0.25, 0.3) is 0 Å². The second-order valence-corrected chi connectivity index (χ2v) is 6.23. The first-order valence-corrected chi connectivity index (χ1v) is 7.03. The van der Waals surface area contributed by atoms with Crippen molar-refractivity contribution in [3.05, 3.63) is 11.7 Å². The van der Waals surface area contributed by atoms with Gasteiger partial charge in [-0.3, -0.25) is 0 Å². The third kappa shape index (κ3) is 2.25. The van der Waals surface area contributed by atoms with Gasteiger partial charge in [0.1, 0.15) is 5.25 Å². The topological polar surface area (TPSA) is 85.1 Å². The molecule has 1 unspecified atom stereocenters. The van der Waals surface area contributed by atoms with E-state index in [1.54, 1.807) is 7.05 Å². The van der Waals surface area contributed by atoms with E-state index in [0.29, 0.717) is 18.8 Å². The van der Waals surface area contributed by atoms with Crippen LogP contribution in [0.3, 0.4) is 0 Å². The Balaban J connectivity index is 2.22. The van der Waals surface area contributed by atoms with E-state index in [4.69, 9.17) is 4.52 Å². The molecule has 6 nitrogen and oxygen atoms in total. The molecule has 1 saturated heterocycles. The SMILES string of the molecule is CNCc1noc(C2CCCCS2(=O)=O)n1. The summed E-state index contributed by atoms with van der Waals surface area (Å²) in [5, 5.41) is 6.02. The molecular formula is C9H15N3O3S. The Kier molecular flexibility index (Phi) is 3.25. The van der Waals surface area contributed by atoms with Gasteiger partial charge in [0, 0.05) is 0 Å². The molecule has 2 heterocycles. The van der Waals surface area contributed by atoms with Crippen molar-refractivity contribution in [3.63, 3.8) is 0 Å². The van der Waals surface area contributed by atoms with Crippen LogP contribution in [0.5, 0.6) is 0 Å². The van der Waals surface area contributed by atoms with Crippen molar-refractivity contribution in [3.8, 4) is 0 Å². The number of nitrogens with one attached hydrogen (secondary N) is 1. The van der Waals surface area contributed by atoms with Gasteiger partial charge in [-0.25, -0.2) is 8.42 Å². The predicted molar refractivity (Wildman–Crippen MR) is 57.4 cm³/mol. The fraction of sp³-hybridized carbons (Fsp3) is 0.778. The highest BCUT2D eigenvalue weighted by Gasteiger charge is 2.34. The van der Waals surface area contributed by atoms with Crippen LogP contribution in [0.15, 0.2) is 4.52 Å².